The Morgan fingerprint density at radius 3 is 2.72 bits per heavy atom. The Balaban J connectivity index is 1.70. The van der Waals surface area contributed by atoms with E-state index in [-0.39, 0.29) is 5.78 Å². The van der Waals surface area contributed by atoms with Gasteiger partial charge in [-0.1, -0.05) is 6.58 Å². The summed E-state index contributed by atoms with van der Waals surface area (Å²) in [5, 5.41) is 1.01. The van der Waals surface area contributed by atoms with Crippen LogP contribution < -0.4 is 14.2 Å². The molecule has 0 N–H and O–H groups in total. The number of carbonyl (C=O) groups is 1. The van der Waals surface area contributed by atoms with Gasteiger partial charge in [0.15, 0.2) is 5.76 Å². The highest BCUT2D eigenvalue weighted by molar-refractivity contribution is 6.15. The van der Waals surface area contributed by atoms with Crippen molar-refractivity contribution < 1.29 is 19.0 Å². The molecule has 1 aliphatic heterocycles. The van der Waals surface area contributed by atoms with Crippen LogP contribution in [0.5, 0.6) is 17.2 Å². The summed E-state index contributed by atoms with van der Waals surface area (Å²) in [7, 11) is 1.64. The van der Waals surface area contributed by atoms with E-state index in [2.05, 4.69) is 18.1 Å². The second-order valence-electron chi connectivity index (χ2n) is 7.10. The maximum atomic E-state index is 12.8. The summed E-state index contributed by atoms with van der Waals surface area (Å²) in [5.74, 6) is 2.10. The Kier molecular flexibility index (Phi) is 4.89. The van der Waals surface area contributed by atoms with Crippen LogP contribution in [0.3, 0.4) is 0 Å². The van der Waals surface area contributed by atoms with Crippen LogP contribution in [-0.4, -0.2) is 24.1 Å². The average molecular weight is 389 g/mol. The number of nitrogens with zero attached hydrogens (tertiary/aromatic N) is 1. The van der Waals surface area contributed by atoms with Crippen molar-refractivity contribution in [3.8, 4) is 17.2 Å². The van der Waals surface area contributed by atoms with E-state index in [0.29, 0.717) is 29.4 Å². The number of rotatable bonds is 6. The van der Waals surface area contributed by atoms with E-state index in [1.165, 1.54) is 0 Å². The molecular weight excluding hydrogens is 366 g/mol. The number of allylic oxidation sites excluding steroid dienone is 1. The molecule has 0 spiro atoms. The molecule has 1 aliphatic rings. The highest BCUT2D eigenvalue weighted by Crippen LogP contribution is 2.36. The monoisotopic (exact) mass is 389 g/mol. The molecule has 0 unspecified atom stereocenters. The van der Waals surface area contributed by atoms with Crippen LogP contribution in [0, 0.1) is 0 Å². The van der Waals surface area contributed by atoms with E-state index < -0.39 is 0 Å². The third-order valence-electron chi connectivity index (χ3n) is 4.87. The van der Waals surface area contributed by atoms with Crippen molar-refractivity contribution in [1.29, 1.82) is 0 Å². The van der Waals surface area contributed by atoms with E-state index in [1.807, 2.05) is 31.3 Å². The topological polar surface area (TPSA) is 49.7 Å². The van der Waals surface area contributed by atoms with Gasteiger partial charge in [0.25, 0.3) is 0 Å². The third kappa shape index (κ3) is 3.51. The minimum Gasteiger partial charge on any atom is -0.497 e. The Bertz CT molecular complexity index is 1150. The van der Waals surface area contributed by atoms with Crippen LogP contribution in [-0.2, 0) is 6.54 Å². The lowest BCUT2D eigenvalue weighted by Crippen LogP contribution is -1.98. The van der Waals surface area contributed by atoms with Gasteiger partial charge in [0.05, 0.1) is 12.7 Å². The lowest BCUT2D eigenvalue weighted by molar-refractivity contribution is 0.101. The number of fused-ring (bicyclic) bond motifs is 2. The number of ketones is 1. The van der Waals surface area contributed by atoms with E-state index in [4.69, 9.17) is 14.2 Å². The summed E-state index contributed by atoms with van der Waals surface area (Å²) in [6.45, 7) is 9.06. The lowest BCUT2D eigenvalue weighted by Gasteiger charge is -2.06. The maximum absolute atomic E-state index is 12.8. The number of ether oxygens (including phenoxy) is 3. The molecule has 0 radical (unpaired) electrons. The first-order chi connectivity index (χ1) is 14.0. The molecule has 2 aromatic carbocycles. The molecular formula is C24H23NO4. The van der Waals surface area contributed by atoms with E-state index >= 15 is 0 Å². The van der Waals surface area contributed by atoms with Crippen molar-refractivity contribution in [1.82, 2.24) is 4.57 Å². The van der Waals surface area contributed by atoms with Gasteiger partial charge in [-0.05, 0) is 55.8 Å². The van der Waals surface area contributed by atoms with Crippen LogP contribution in [0.15, 0.2) is 60.5 Å². The van der Waals surface area contributed by atoms with Crippen LogP contribution in [0.25, 0.3) is 17.0 Å². The van der Waals surface area contributed by atoms with Gasteiger partial charge in [0.2, 0.25) is 5.78 Å². The number of benzene rings is 2. The van der Waals surface area contributed by atoms with Gasteiger partial charge < -0.3 is 18.8 Å². The molecule has 5 heteroatoms. The zero-order valence-electron chi connectivity index (χ0n) is 16.8. The van der Waals surface area contributed by atoms with Crippen LogP contribution in [0.2, 0.25) is 0 Å². The molecule has 5 nitrogen and oxygen atoms in total. The summed E-state index contributed by atoms with van der Waals surface area (Å²) < 4.78 is 19.0. The van der Waals surface area contributed by atoms with Crippen LogP contribution in [0.4, 0.5) is 0 Å². The maximum Gasteiger partial charge on any atom is 0.231 e. The number of carbonyl (C=O) groups excluding carboxylic acids is 1. The Morgan fingerprint density at radius 1 is 1.21 bits per heavy atom. The molecule has 0 saturated heterocycles. The summed E-state index contributed by atoms with van der Waals surface area (Å²) in [6, 6.07) is 11.2. The molecule has 0 amide bonds. The molecule has 1 aromatic heterocycles. The lowest BCUT2D eigenvalue weighted by atomic mass is 10.1. The minimum absolute atomic E-state index is 0.133. The van der Waals surface area contributed by atoms with Crippen LogP contribution in [0.1, 0.15) is 29.8 Å². The zero-order chi connectivity index (χ0) is 20.5. The number of methoxy groups -OCH3 is 1. The number of Topliss-reactive ketones (excluding diaryl/α,β-unsaturated/α-hetero) is 1. The third-order valence-corrected chi connectivity index (χ3v) is 4.87. The Morgan fingerprint density at radius 2 is 2.00 bits per heavy atom. The standard InChI is InChI=1S/C24H23NO4/c1-5-25-13-16(20-11-17(27-4)7-9-21(20)25)10-23-24(26)19-8-6-18(12-22(19)29-23)28-14-15(2)3/h6-13H,2,5,14H2,1,3-4H3/b23-10+. The molecule has 0 atom stereocenters. The predicted molar refractivity (Wildman–Crippen MR) is 114 cm³/mol. The van der Waals surface area contributed by atoms with Crippen molar-refractivity contribution in [3.05, 3.63) is 71.6 Å². The first kappa shape index (κ1) is 18.9. The zero-order valence-corrected chi connectivity index (χ0v) is 16.8. The molecule has 29 heavy (non-hydrogen) atoms. The Hall–Kier alpha value is -3.47. The largest absolute Gasteiger partial charge is 0.497 e. The van der Waals surface area contributed by atoms with E-state index in [1.54, 1.807) is 31.4 Å². The predicted octanol–water partition coefficient (Wildman–Crippen LogP) is 5.24. The molecule has 0 fully saturated rings. The highest BCUT2D eigenvalue weighted by atomic mass is 16.5. The van der Waals surface area contributed by atoms with Crippen molar-refractivity contribution in [2.24, 2.45) is 0 Å². The molecule has 3 aromatic rings. The quantitative estimate of drug-likeness (QED) is 0.427. The van der Waals surface area contributed by atoms with Gasteiger partial charge in [-0.2, -0.15) is 0 Å². The van der Waals surface area contributed by atoms with Crippen molar-refractivity contribution in [2.75, 3.05) is 13.7 Å². The van der Waals surface area contributed by atoms with Crippen LogP contribution >= 0.6 is 0 Å². The van der Waals surface area contributed by atoms with Gasteiger partial charge in [0.1, 0.15) is 23.9 Å². The fourth-order valence-corrected chi connectivity index (χ4v) is 3.41. The molecule has 4 rings (SSSR count). The normalized spacial score (nSPS) is 14.2. The van der Waals surface area contributed by atoms with Gasteiger partial charge in [-0.15, -0.1) is 0 Å². The smallest absolute Gasteiger partial charge is 0.231 e. The number of aryl methyl sites for hydroxylation is 1. The van der Waals surface area contributed by atoms with Crippen molar-refractivity contribution >= 4 is 22.8 Å². The molecule has 2 heterocycles. The fraction of sp³-hybridized carbons (Fsp3) is 0.208. The number of aromatic nitrogens is 1. The molecule has 0 bridgehead atoms. The first-order valence-corrected chi connectivity index (χ1v) is 9.52. The van der Waals surface area contributed by atoms with Gasteiger partial charge in [0, 0.05) is 35.3 Å². The van der Waals surface area contributed by atoms with Crippen molar-refractivity contribution in [3.63, 3.8) is 0 Å². The molecule has 0 saturated carbocycles. The SMILES string of the molecule is C=C(C)COc1ccc2c(c1)O/C(=C/c1cn(CC)c3ccc(OC)cc13)C2=O. The summed E-state index contributed by atoms with van der Waals surface area (Å²) in [5.41, 5.74) is 3.45. The average Bonchev–Trinajstić information content (AvgIpc) is 3.23. The van der Waals surface area contributed by atoms with Gasteiger partial charge in [-0.3, -0.25) is 4.79 Å². The highest BCUT2D eigenvalue weighted by Gasteiger charge is 2.28. The second kappa shape index (κ2) is 7.51. The summed E-state index contributed by atoms with van der Waals surface area (Å²) >= 11 is 0. The van der Waals surface area contributed by atoms with Gasteiger partial charge >= 0.3 is 0 Å². The number of hydrogen-bond donors (Lipinski definition) is 0. The molecule has 0 aliphatic carbocycles. The molecule has 148 valence electrons. The van der Waals surface area contributed by atoms with Crippen molar-refractivity contribution in [2.45, 2.75) is 20.4 Å². The first-order valence-electron chi connectivity index (χ1n) is 9.52. The minimum atomic E-state index is -0.133. The second-order valence-corrected chi connectivity index (χ2v) is 7.10. The summed E-state index contributed by atoms with van der Waals surface area (Å²) in [6.07, 6.45) is 3.82. The number of hydrogen-bond acceptors (Lipinski definition) is 4. The fourth-order valence-electron chi connectivity index (χ4n) is 3.41. The summed E-state index contributed by atoms with van der Waals surface area (Å²) in [4.78, 5) is 12.8. The van der Waals surface area contributed by atoms with E-state index in [0.717, 1.165) is 34.3 Å². The van der Waals surface area contributed by atoms with E-state index in [9.17, 15) is 4.79 Å². The van der Waals surface area contributed by atoms with Gasteiger partial charge in [-0.25, -0.2) is 0 Å². The Labute approximate surface area is 169 Å².